The molecule has 6 heteroatoms. The predicted molar refractivity (Wildman–Crippen MR) is 93.7 cm³/mol. The van der Waals surface area contributed by atoms with Crippen molar-refractivity contribution < 1.29 is 13.2 Å². The van der Waals surface area contributed by atoms with Crippen molar-refractivity contribution in [2.24, 2.45) is 5.92 Å². The molecule has 1 fully saturated rings. The zero-order chi connectivity index (χ0) is 17.2. The Morgan fingerprint density at radius 2 is 1.83 bits per heavy atom. The number of halogens is 1. The van der Waals surface area contributed by atoms with Gasteiger partial charge in [-0.05, 0) is 31.0 Å². The molecule has 4 nitrogen and oxygen atoms in total. The molecular formula is C18H18ClNO3S. The lowest BCUT2D eigenvalue weighted by Crippen LogP contribution is -2.42. The van der Waals surface area contributed by atoms with E-state index in [9.17, 15) is 13.2 Å². The molecule has 0 N–H and O–H groups in total. The molecule has 0 bridgehead atoms. The van der Waals surface area contributed by atoms with Crippen LogP contribution in [0.1, 0.15) is 23.2 Å². The molecule has 3 rings (SSSR count). The monoisotopic (exact) mass is 363 g/mol. The van der Waals surface area contributed by atoms with E-state index in [2.05, 4.69) is 0 Å². The lowest BCUT2D eigenvalue weighted by Gasteiger charge is -2.31. The van der Waals surface area contributed by atoms with Crippen LogP contribution in [-0.4, -0.2) is 31.6 Å². The summed E-state index contributed by atoms with van der Waals surface area (Å²) in [5.74, 6) is -0.309. The van der Waals surface area contributed by atoms with Crippen molar-refractivity contribution in [2.75, 3.05) is 13.1 Å². The molecule has 0 radical (unpaired) electrons. The second-order valence-electron chi connectivity index (χ2n) is 5.89. The van der Waals surface area contributed by atoms with E-state index in [0.29, 0.717) is 30.0 Å². The van der Waals surface area contributed by atoms with Gasteiger partial charge >= 0.3 is 0 Å². The van der Waals surface area contributed by atoms with Gasteiger partial charge < -0.3 is 0 Å². The summed E-state index contributed by atoms with van der Waals surface area (Å²) in [7, 11) is -3.64. The summed E-state index contributed by atoms with van der Waals surface area (Å²) in [6.45, 7) is 0.635. The van der Waals surface area contributed by atoms with Crippen LogP contribution < -0.4 is 0 Å². The van der Waals surface area contributed by atoms with E-state index in [1.165, 1.54) is 16.4 Å². The van der Waals surface area contributed by atoms with Gasteiger partial charge in [-0.3, -0.25) is 4.79 Å². The standard InChI is InChI=1S/C18H18ClNO3S/c19-16-9-4-10-17(12-16)24(22,23)20-11-5-8-15(13-20)18(21)14-6-2-1-3-7-14/h1-4,6-7,9-10,12,15H,5,8,11,13H2. The molecule has 2 aromatic carbocycles. The number of nitrogens with zero attached hydrogens (tertiary/aromatic N) is 1. The summed E-state index contributed by atoms with van der Waals surface area (Å²) in [5.41, 5.74) is 0.629. The molecule has 24 heavy (non-hydrogen) atoms. The first kappa shape index (κ1) is 17.1. The maximum absolute atomic E-state index is 12.8. The Kier molecular flexibility index (Phi) is 5.04. The van der Waals surface area contributed by atoms with Gasteiger partial charge in [0.05, 0.1) is 4.90 Å². The number of carbonyl (C=O) groups excluding carboxylic acids is 1. The smallest absolute Gasteiger partial charge is 0.243 e. The first-order valence-corrected chi connectivity index (χ1v) is 9.65. The molecule has 1 aliphatic rings. The minimum atomic E-state index is -3.64. The zero-order valence-corrected chi connectivity index (χ0v) is 14.6. The molecule has 0 saturated carbocycles. The van der Waals surface area contributed by atoms with Gasteiger partial charge in [0, 0.05) is 29.6 Å². The fraction of sp³-hybridized carbons (Fsp3) is 0.278. The Labute approximate surface area is 147 Å². The number of benzene rings is 2. The Bertz CT molecular complexity index is 836. The van der Waals surface area contributed by atoms with Gasteiger partial charge in [0.15, 0.2) is 5.78 Å². The maximum Gasteiger partial charge on any atom is 0.243 e. The average molecular weight is 364 g/mol. The van der Waals surface area contributed by atoms with Gasteiger partial charge in [0.2, 0.25) is 10.0 Å². The SMILES string of the molecule is O=C(c1ccccc1)C1CCCN(S(=O)(=O)c2cccc(Cl)c2)C1. The summed E-state index contributed by atoms with van der Waals surface area (Å²) in [6, 6.07) is 15.3. The number of rotatable bonds is 4. The lowest BCUT2D eigenvalue weighted by atomic mass is 9.91. The highest BCUT2D eigenvalue weighted by Crippen LogP contribution is 2.27. The molecule has 126 valence electrons. The van der Waals surface area contributed by atoms with Crippen molar-refractivity contribution in [3.05, 3.63) is 65.2 Å². The van der Waals surface area contributed by atoms with E-state index in [1.807, 2.05) is 18.2 Å². The molecule has 1 unspecified atom stereocenters. The lowest BCUT2D eigenvalue weighted by molar-refractivity contribution is 0.0872. The van der Waals surface area contributed by atoms with E-state index >= 15 is 0 Å². The first-order chi connectivity index (χ1) is 11.5. The van der Waals surface area contributed by atoms with E-state index in [1.54, 1.807) is 24.3 Å². The van der Waals surface area contributed by atoms with Crippen molar-refractivity contribution in [1.82, 2.24) is 4.31 Å². The largest absolute Gasteiger partial charge is 0.294 e. The Morgan fingerprint density at radius 1 is 1.08 bits per heavy atom. The van der Waals surface area contributed by atoms with Crippen molar-refractivity contribution in [3.8, 4) is 0 Å². The van der Waals surface area contributed by atoms with Crippen LogP contribution in [0, 0.1) is 5.92 Å². The zero-order valence-electron chi connectivity index (χ0n) is 13.1. The van der Waals surface area contributed by atoms with Crippen molar-refractivity contribution in [3.63, 3.8) is 0 Å². The van der Waals surface area contributed by atoms with Crippen molar-refractivity contribution in [1.29, 1.82) is 0 Å². The van der Waals surface area contributed by atoms with Crippen LogP contribution in [0.5, 0.6) is 0 Å². The Morgan fingerprint density at radius 3 is 2.54 bits per heavy atom. The van der Waals surface area contributed by atoms with Crippen molar-refractivity contribution in [2.45, 2.75) is 17.7 Å². The third kappa shape index (κ3) is 3.53. The van der Waals surface area contributed by atoms with Crippen LogP contribution >= 0.6 is 11.6 Å². The van der Waals surface area contributed by atoms with Gasteiger partial charge in [0.25, 0.3) is 0 Å². The normalized spacial score (nSPS) is 19.1. The molecular weight excluding hydrogens is 346 g/mol. The molecule has 0 aliphatic carbocycles. The molecule has 0 spiro atoms. The number of piperidine rings is 1. The third-order valence-electron chi connectivity index (χ3n) is 4.25. The van der Waals surface area contributed by atoms with Gasteiger partial charge in [-0.15, -0.1) is 0 Å². The minimum Gasteiger partial charge on any atom is -0.294 e. The molecule has 1 aliphatic heterocycles. The molecule has 0 aromatic heterocycles. The number of sulfonamides is 1. The highest BCUT2D eigenvalue weighted by atomic mass is 35.5. The fourth-order valence-electron chi connectivity index (χ4n) is 2.99. The molecule has 1 heterocycles. The number of carbonyl (C=O) groups is 1. The van der Waals surface area contributed by atoms with Gasteiger partial charge in [0.1, 0.15) is 0 Å². The Hall–Kier alpha value is -1.69. The summed E-state index contributed by atoms with van der Waals surface area (Å²) >= 11 is 5.91. The summed E-state index contributed by atoms with van der Waals surface area (Å²) in [5, 5.41) is 0.380. The quantitative estimate of drug-likeness (QED) is 0.779. The second-order valence-corrected chi connectivity index (χ2v) is 8.26. The van der Waals surface area contributed by atoms with Crippen LogP contribution in [0.15, 0.2) is 59.5 Å². The summed E-state index contributed by atoms with van der Waals surface area (Å²) in [4.78, 5) is 12.8. The highest BCUT2D eigenvalue weighted by molar-refractivity contribution is 7.89. The summed E-state index contributed by atoms with van der Waals surface area (Å²) < 4.78 is 27.0. The number of hydrogen-bond acceptors (Lipinski definition) is 3. The fourth-order valence-corrected chi connectivity index (χ4v) is 4.81. The number of Topliss-reactive ketones (excluding diaryl/α,β-unsaturated/α-hetero) is 1. The Balaban J connectivity index is 1.82. The number of hydrogen-bond donors (Lipinski definition) is 0. The maximum atomic E-state index is 12.8. The minimum absolute atomic E-state index is 0.00148. The van der Waals surface area contributed by atoms with Gasteiger partial charge in [-0.1, -0.05) is 48.0 Å². The van der Waals surface area contributed by atoms with Crippen LogP contribution in [0.4, 0.5) is 0 Å². The van der Waals surface area contributed by atoms with Gasteiger partial charge in [-0.25, -0.2) is 8.42 Å². The topological polar surface area (TPSA) is 54.5 Å². The molecule has 0 amide bonds. The van der Waals surface area contributed by atoms with Crippen LogP contribution in [0.2, 0.25) is 5.02 Å². The first-order valence-electron chi connectivity index (χ1n) is 7.83. The third-order valence-corrected chi connectivity index (χ3v) is 6.34. The van der Waals surface area contributed by atoms with Crippen LogP contribution in [-0.2, 0) is 10.0 Å². The van der Waals surface area contributed by atoms with E-state index in [4.69, 9.17) is 11.6 Å². The van der Waals surface area contributed by atoms with Gasteiger partial charge in [-0.2, -0.15) is 4.31 Å². The highest BCUT2D eigenvalue weighted by Gasteiger charge is 2.33. The number of ketones is 1. The molecule has 2 aromatic rings. The molecule has 1 atom stereocenters. The predicted octanol–water partition coefficient (Wildman–Crippen LogP) is 3.62. The summed E-state index contributed by atoms with van der Waals surface area (Å²) in [6.07, 6.45) is 1.37. The van der Waals surface area contributed by atoms with E-state index in [-0.39, 0.29) is 23.1 Å². The van der Waals surface area contributed by atoms with Crippen LogP contribution in [0.25, 0.3) is 0 Å². The second kappa shape index (κ2) is 7.05. The van der Waals surface area contributed by atoms with Crippen LogP contribution in [0.3, 0.4) is 0 Å². The van der Waals surface area contributed by atoms with Crippen molar-refractivity contribution >= 4 is 27.4 Å². The van der Waals surface area contributed by atoms with E-state index < -0.39 is 10.0 Å². The molecule has 1 saturated heterocycles. The van der Waals surface area contributed by atoms with E-state index in [0.717, 1.165) is 0 Å². The average Bonchev–Trinajstić information content (AvgIpc) is 2.62.